The fourth-order valence-electron chi connectivity index (χ4n) is 2.91. The number of nitrogens with one attached hydrogen (secondary N) is 1. The van der Waals surface area contributed by atoms with E-state index < -0.39 is 18.0 Å². The minimum atomic E-state index is -0.599. The number of benzene rings is 1. The molecular formula is C17H21FN6O4. The van der Waals surface area contributed by atoms with Gasteiger partial charge in [0.15, 0.2) is 0 Å². The Balaban J connectivity index is 1.69. The number of nitrogens with two attached hydrogens (primary N) is 1. The van der Waals surface area contributed by atoms with Crippen LogP contribution in [0.5, 0.6) is 0 Å². The van der Waals surface area contributed by atoms with Gasteiger partial charge in [-0.15, -0.1) is 0 Å². The molecule has 150 valence electrons. The molecule has 28 heavy (non-hydrogen) atoms. The molecule has 2 aliphatic rings. The Bertz CT molecular complexity index is 817. The Morgan fingerprint density at radius 2 is 2.18 bits per heavy atom. The van der Waals surface area contributed by atoms with Crippen LogP contribution in [0.3, 0.4) is 0 Å². The molecule has 0 spiro atoms. The van der Waals surface area contributed by atoms with E-state index in [0.29, 0.717) is 12.2 Å². The Hall–Kier alpha value is -3.21. The van der Waals surface area contributed by atoms with Gasteiger partial charge in [-0.25, -0.2) is 14.2 Å². The molecule has 1 fully saturated rings. The molecule has 1 aromatic rings. The minimum Gasteiger partial charge on any atom is -0.442 e. The molecule has 11 heteroatoms. The summed E-state index contributed by atoms with van der Waals surface area (Å²) >= 11 is 0. The van der Waals surface area contributed by atoms with Crippen molar-refractivity contribution in [3.63, 3.8) is 0 Å². The van der Waals surface area contributed by atoms with E-state index in [9.17, 15) is 18.8 Å². The van der Waals surface area contributed by atoms with Crippen LogP contribution < -0.4 is 20.9 Å². The molecule has 0 bridgehead atoms. The van der Waals surface area contributed by atoms with Crippen molar-refractivity contribution in [1.82, 2.24) is 10.3 Å². The molecule has 0 aromatic heterocycles. The number of rotatable bonds is 5. The number of carbonyl (C=O) groups excluding carboxylic acids is 3. The van der Waals surface area contributed by atoms with Gasteiger partial charge in [0.2, 0.25) is 5.91 Å². The standard InChI is InChI=1S/C17H21FN6O4/c1-11(25)20-8-13-9-23(17(27)28-13)12-2-3-15(14(18)6-12)22-4-5-24(21-10-22)16(26)7-19/h2-3,6,10,13H,4-5,7-9,19H2,1H3,(H,20,25). The first-order valence-corrected chi connectivity index (χ1v) is 8.72. The van der Waals surface area contributed by atoms with Crippen LogP contribution in [0.25, 0.3) is 0 Å². The Morgan fingerprint density at radius 3 is 2.79 bits per heavy atom. The van der Waals surface area contributed by atoms with Crippen LogP contribution in [0.1, 0.15) is 6.92 Å². The average molecular weight is 392 g/mol. The summed E-state index contributed by atoms with van der Waals surface area (Å²) in [5.41, 5.74) is 5.93. The monoisotopic (exact) mass is 392 g/mol. The van der Waals surface area contributed by atoms with Crippen molar-refractivity contribution < 1.29 is 23.5 Å². The number of hydrogen-bond donors (Lipinski definition) is 2. The van der Waals surface area contributed by atoms with E-state index in [-0.39, 0.29) is 43.7 Å². The summed E-state index contributed by atoms with van der Waals surface area (Å²) in [4.78, 5) is 37.4. The van der Waals surface area contributed by atoms with Crippen molar-refractivity contribution in [2.24, 2.45) is 10.8 Å². The maximum atomic E-state index is 14.6. The van der Waals surface area contributed by atoms with Gasteiger partial charge < -0.3 is 20.7 Å². The zero-order chi connectivity index (χ0) is 20.3. The third-order valence-electron chi connectivity index (χ3n) is 4.35. The minimum absolute atomic E-state index is 0.144. The second kappa shape index (κ2) is 8.21. The number of amides is 3. The van der Waals surface area contributed by atoms with Crippen LogP contribution in [0, 0.1) is 5.82 Å². The Morgan fingerprint density at radius 1 is 1.39 bits per heavy atom. The lowest BCUT2D eigenvalue weighted by atomic mass is 10.2. The summed E-state index contributed by atoms with van der Waals surface area (Å²) < 4.78 is 19.8. The molecule has 3 rings (SSSR count). The predicted octanol–water partition coefficient (Wildman–Crippen LogP) is -0.162. The summed E-state index contributed by atoms with van der Waals surface area (Å²) in [6.45, 7) is 2.28. The van der Waals surface area contributed by atoms with Gasteiger partial charge in [0.1, 0.15) is 18.3 Å². The summed E-state index contributed by atoms with van der Waals surface area (Å²) in [5.74, 6) is -1.08. The summed E-state index contributed by atoms with van der Waals surface area (Å²) in [6.07, 6.45) is 0.264. The zero-order valence-corrected chi connectivity index (χ0v) is 15.3. The van der Waals surface area contributed by atoms with Crippen LogP contribution >= 0.6 is 0 Å². The van der Waals surface area contributed by atoms with E-state index in [1.807, 2.05) is 0 Å². The third-order valence-corrected chi connectivity index (χ3v) is 4.35. The van der Waals surface area contributed by atoms with Crippen LogP contribution in [-0.2, 0) is 14.3 Å². The van der Waals surface area contributed by atoms with Crippen molar-refractivity contribution in [2.75, 3.05) is 42.5 Å². The number of halogens is 1. The van der Waals surface area contributed by atoms with E-state index >= 15 is 0 Å². The highest BCUT2D eigenvalue weighted by molar-refractivity contribution is 5.91. The molecule has 0 saturated carbocycles. The van der Waals surface area contributed by atoms with Crippen LogP contribution in [-0.4, -0.2) is 68.1 Å². The molecule has 2 aliphatic heterocycles. The van der Waals surface area contributed by atoms with E-state index in [1.165, 1.54) is 35.3 Å². The lowest BCUT2D eigenvalue weighted by molar-refractivity contribution is -0.129. The fraction of sp³-hybridized carbons (Fsp3) is 0.412. The smallest absolute Gasteiger partial charge is 0.414 e. The lowest BCUT2D eigenvalue weighted by Gasteiger charge is -2.29. The highest BCUT2D eigenvalue weighted by Gasteiger charge is 2.33. The summed E-state index contributed by atoms with van der Waals surface area (Å²) in [5, 5.41) is 7.79. The van der Waals surface area contributed by atoms with E-state index in [1.54, 1.807) is 11.0 Å². The van der Waals surface area contributed by atoms with Gasteiger partial charge in [-0.1, -0.05) is 0 Å². The fourth-order valence-corrected chi connectivity index (χ4v) is 2.91. The topological polar surface area (TPSA) is 121 Å². The molecule has 3 N–H and O–H groups in total. The Kier molecular flexibility index (Phi) is 5.73. The van der Waals surface area contributed by atoms with Gasteiger partial charge in [0.25, 0.3) is 5.91 Å². The maximum absolute atomic E-state index is 14.6. The molecule has 1 saturated heterocycles. The first-order chi connectivity index (χ1) is 13.4. The van der Waals surface area contributed by atoms with Crippen molar-refractivity contribution >= 4 is 35.6 Å². The molecule has 3 amide bonds. The number of carbonyl (C=O) groups is 3. The van der Waals surface area contributed by atoms with Gasteiger partial charge in [-0.05, 0) is 18.2 Å². The molecule has 1 unspecified atom stereocenters. The average Bonchev–Trinajstić information content (AvgIpc) is 3.06. The zero-order valence-electron chi connectivity index (χ0n) is 15.3. The Labute approximate surface area is 160 Å². The number of nitrogens with zero attached hydrogens (tertiary/aromatic N) is 4. The van der Waals surface area contributed by atoms with Gasteiger partial charge in [0.05, 0.1) is 37.6 Å². The number of cyclic esters (lactones) is 1. The van der Waals surface area contributed by atoms with Crippen molar-refractivity contribution in [1.29, 1.82) is 0 Å². The van der Waals surface area contributed by atoms with Gasteiger partial charge in [-0.2, -0.15) is 5.10 Å². The van der Waals surface area contributed by atoms with Crippen molar-refractivity contribution in [3.8, 4) is 0 Å². The number of hydrazone groups is 1. The SMILES string of the molecule is CC(=O)NCC1CN(c2ccc(N3C=NN(C(=O)CN)CC3)c(F)c2)C(=O)O1. The molecule has 0 radical (unpaired) electrons. The third kappa shape index (κ3) is 4.19. The quantitative estimate of drug-likeness (QED) is 0.718. The van der Waals surface area contributed by atoms with Crippen molar-refractivity contribution in [3.05, 3.63) is 24.0 Å². The molecule has 1 atom stereocenters. The largest absolute Gasteiger partial charge is 0.442 e. The number of hydrogen-bond acceptors (Lipinski definition) is 7. The molecular weight excluding hydrogens is 371 g/mol. The van der Waals surface area contributed by atoms with Gasteiger partial charge >= 0.3 is 6.09 Å². The summed E-state index contributed by atoms with van der Waals surface area (Å²) in [6, 6.07) is 4.37. The van der Waals surface area contributed by atoms with E-state index in [4.69, 9.17) is 10.5 Å². The first kappa shape index (κ1) is 19.5. The summed E-state index contributed by atoms with van der Waals surface area (Å²) in [7, 11) is 0. The normalized spacial score (nSPS) is 19.0. The highest BCUT2D eigenvalue weighted by atomic mass is 19.1. The van der Waals surface area contributed by atoms with Crippen LogP contribution in [0.2, 0.25) is 0 Å². The highest BCUT2D eigenvalue weighted by Crippen LogP contribution is 2.28. The molecule has 0 aliphatic carbocycles. The second-order valence-corrected chi connectivity index (χ2v) is 6.33. The lowest BCUT2D eigenvalue weighted by Crippen LogP contribution is -2.43. The van der Waals surface area contributed by atoms with Crippen LogP contribution in [0.4, 0.5) is 20.6 Å². The van der Waals surface area contributed by atoms with Crippen LogP contribution in [0.15, 0.2) is 23.3 Å². The van der Waals surface area contributed by atoms with Gasteiger partial charge in [-0.3, -0.25) is 14.5 Å². The van der Waals surface area contributed by atoms with E-state index in [0.717, 1.165) is 0 Å². The van der Waals surface area contributed by atoms with Crippen molar-refractivity contribution in [2.45, 2.75) is 13.0 Å². The second-order valence-electron chi connectivity index (χ2n) is 6.33. The van der Waals surface area contributed by atoms with Gasteiger partial charge in [0, 0.05) is 13.5 Å². The number of ether oxygens (including phenoxy) is 1. The first-order valence-electron chi connectivity index (χ1n) is 8.72. The van der Waals surface area contributed by atoms with E-state index in [2.05, 4.69) is 10.4 Å². The maximum Gasteiger partial charge on any atom is 0.414 e. The predicted molar refractivity (Wildman–Crippen MR) is 99.3 cm³/mol. The molecule has 2 heterocycles. The molecule has 10 nitrogen and oxygen atoms in total. The molecule has 1 aromatic carbocycles. The number of anilines is 2.